The number of urea groups is 1. The average Bonchev–Trinajstić information content (AvgIpc) is 3.32. The third-order valence-corrected chi connectivity index (χ3v) is 6.95. The number of thioether (sulfide) groups is 1. The molecule has 2 aromatic carbocycles. The lowest BCUT2D eigenvalue weighted by Crippen LogP contribution is -2.52. The maximum Gasteiger partial charge on any atom is 0.319 e. The van der Waals surface area contributed by atoms with Gasteiger partial charge in [0.15, 0.2) is 0 Å². The van der Waals surface area contributed by atoms with E-state index in [0.717, 1.165) is 16.0 Å². The molecule has 0 saturated carbocycles. The molecule has 0 radical (unpaired) electrons. The molecule has 5 N–H and O–H groups in total. The summed E-state index contributed by atoms with van der Waals surface area (Å²) < 4.78 is 5.16. The molecule has 1 fully saturated rings. The highest BCUT2D eigenvalue weighted by Crippen LogP contribution is 2.22. The van der Waals surface area contributed by atoms with Gasteiger partial charge in [0.25, 0.3) is 0 Å². The molecule has 0 aromatic heterocycles. The second kappa shape index (κ2) is 13.7. The van der Waals surface area contributed by atoms with Crippen molar-refractivity contribution in [3.05, 3.63) is 65.7 Å². The lowest BCUT2D eigenvalue weighted by molar-refractivity contribution is -0.136. The first-order valence-electron chi connectivity index (χ1n) is 12.5. The monoisotopic (exact) mass is 553 g/mol. The molecule has 39 heavy (non-hydrogen) atoms. The highest BCUT2D eigenvalue weighted by Gasteiger charge is 2.40. The van der Waals surface area contributed by atoms with Crippen molar-refractivity contribution in [2.45, 2.75) is 49.7 Å². The summed E-state index contributed by atoms with van der Waals surface area (Å²) in [5.41, 5.74) is 7.79. The van der Waals surface area contributed by atoms with E-state index >= 15 is 0 Å². The molecule has 0 aliphatic carbocycles. The Balaban J connectivity index is 1.71. The van der Waals surface area contributed by atoms with Gasteiger partial charge in [0.1, 0.15) is 17.8 Å². The smallest absolute Gasteiger partial charge is 0.319 e. The fourth-order valence-corrected chi connectivity index (χ4v) is 4.76. The van der Waals surface area contributed by atoms with Gasteiger partial charge in [-0.2, -0.15) is 0 Å². The van der Waals surface area contributed by atoms with Gasteiger partial charge in [0.2, 0.25) is 17.7 Å². The second-order valence-corrected chi connectivity index (χ2v) is 10.4. The number of primary amides is 1. The zero-order valence-corrected chi connectivity index (χ0v) is 23.3. The summed E-state index contributed by atoms with van der Waals surface area (Å²) >= 11 is 1.56. The van der Waals surface area contributed by atoms with Gasteiger partial charge in [-0.25, -0.2) is 4.79 Å². The van der Waals surface area contributed by atoms with Crippen molar-refractivity contribution in [1.29, 1.82) is 0 Å². The number of anilines is 1. The largest absolute Gasteiger partial charge is 0.497 e. The van der Waals surface area contributed by atoms with Crippen LogP contribution in [-0.2, 0) is 20.8 Å². The molecule has 1 heterocycles. The Hall–Kier alpha value is -3.99. The predicted molar refractivity (Wildman–Crippen MR) is 152 cm³/mol. The number of allylic oxidation sites excluding steroid dienone is 1. The molecule has 0 bridgehead atoms. The van der Waals surface area contributed by atoms with Crippen molar-refractivity contribution >= 4 is 41.2 Å². The number of rotatable bonds is 10. The molecule has 3 rings (SSSR count). The highest BCUT2D eigenvalue weighted by molar-refractivity contribution is 7.98. The molecular formula is C28H35N5O5S. The predicted octanol–water partition coefficient (Wildman–Crippen LogP) is 2.69. The summed E-state index contributed by atoms with van der Waals surface area (Å²) in [6.45, 7) is 3.71. The normalized spacial score (nSPS) is 17.1. The first-order chi connectivity index (χ1) is 18.6. The summed E-state index contributed by atoms with van der Waals surface area (Å²) in [5.74, 6) is -0.892. The molecule has 11 heteroatoms. The first kappa shape index (κ1) is 29.6. The van der Waals surface area contributed by atoms with Crippen LogP contribution in [0.25, 0.3) is 0 Å². The van der Waals surface area contributed by atoms with Gasteiger partial charge < -0.3 is 31.3 Å². The van der Waals surface area contributed by atoms with Gasteiger partial charge in [-0.3, -0.25) is 14.4 Å². The van der Waals surface area contributed by atoms with E-state index in [1.165, 1.54) is 11.0 Å². The molecule has 208 valence electrons. The van der Waals surface area contributed by atoms with E-state index in [-0.39, 0.29) is 25.3 Å². The lowest BCUT2D eigenvalue weighted by Gasteiger charge is -2.25. The van der Waals surface area contributed by atoms with Gasteiger partial charge in [0.05, 0.1) is 13.2 Å². The van der Waals surface area contributed by atoms with Crippen LogP contribution in [-0.4, -0.2) is 66.7 Å². The number of nitrogens with two attached hydrogens (primary N) is 1. The number of carbonyl (C=O) groups is 4. The topological polar surface area (TPSA) is 143 Å². The standard InChI is InChI=1S/C28H35N5O5S/c1-17(2)12-25(34)33-16-20(31-28(37)30-19-6-5-7-22(14-19)39-4)15-24(33)27(36)32-23(26(29)35)13-18-8-10-21(38-3)11-9-18/h5-12,14,20,23-24H,13,15-16H2,1-4H3,(H2,29,35)(H,32,36)(H2,30,31,37)/t20-,23-,24-/m0/s1. The minimum Gasteiger partial charge on any atom is -0.497 e. The number of nitrogens with zero attached hydrogens (tertiary/aromatic N) is 1. The highest BCUT2D eigenvalue weighted by atomic mass is 32.2. The number of hydrogen-bond acceptors (Lipinski definition) is 6. The average molecular weight is 554 g/mol. The molecule has 10 nitrogen and oxygen atoms in total. The molecule has 1 aliphatic rings. The van der Waals surface area contributed by atoms with Crippen molar-refractivity contribution in [2.24, 2.45) is 5.73 Å². The minimum atomic E-state index is -0.981. The Morgan fingerprint density at radius 2 is 1.87 bits per heavy atom. The number of carbonyl (C=O) groups excluding carboxylic acids is 4. The third-order valence-electron chi connectivity index (χ3n) is 6.22. The number of ether oxygens (including phenoxy) is 1. The number of hydrogen-bond donors (Lipinski definition) is 4. The zero-order valence-electron chi connectivity index (χ0n) is 22.5. The number of methoxy groups -OCH3 is 1. The summed E-state index contributed by atoms with van der Waals surface area (Å²) in [7, 11) is 1.56. The quantitative estimate of drug-likeness (QED) is 0.263. The van der Waals surface area contributed by atoms with Crippen molar-refractivity contribution in [3.63, 3.8) is 0 Å². The van der Waals surface area contributed by atoms with Crippen molar-refractivity contribution < 1.29 is 23.9 Å². The van der Waals surface area contributed by atoms with Gasteiger partial charge in [-0.15, -0.1) is 11.8 Å². The number of benzene rings is 2. The van der Waals surface area contributed by atoms with Crippen molar-refractivity contribution in [3.8, 4) is 5.75 Å². The Kier molecular flexibility index (Phi) is 10.4. The van der Waals surface area contributed by atoms with Crippen LogP contribution in [0.4, 0.5) is 10.5 Å². The number of nitrogens with one attached hydrogen (secondary N) is 3. The molecule has 0 unspecified atom stereocenters. The fourth-order valence-electron chi connectivity index (χ4n) is 4.30. The Labute approximate surface area is 232 Å². The SMILES string of the molecule is COc1ccc(C[C@H](NC(=O)[C@@H]2C[C@H](NC(=O)Nc3cccc(SC)c3)CN2C(=O)C=C(C)C)C(N)=O)cc1. The zero-order chi connectivity index (χ0) is 28.5. The van der Waals surface area contributed by atoms with Gasteiger partial charge >= 0.3 is 6.03 Å². The summed E-state index contributed by atoms with van der Waals surface area (Å²) in [5, 5.41) is 8.37. The molecule has 5 amide bonds. The molecule has 1 aliphatic heterocycles. The molecule has 2 aromatic rings. The van der Waals surface area contributed by atoms with Crippen LogP contribution in [0.5, 0.6) is 5.75 Å². The van der Waals surface area contributed by atoms with Gasteiger partial charge in [-0.1, -0.05) is 23.8 Å². The van der Waals surface area contributed by atoms with E-state index in [9.17, 15) is 19.2 Å². The third kappa shape index (κ3) is 8.51. The van der Waals surface area contributed by atoms with E-state index in [1.807, 2.05) is 24.5 Å². The van der Waals surface area contributed by atoms with Gasteiger partial charge in [-0.05, 0) is 62.4 Å². The van der Waals surface area contributed by atoms with Crippen LogP contribution in [0.3, 0.4) is 0 Å². The Bertz CT molecular complexity index is 1230. The number of likely N-dealkylation sites (tertiary alicyclic amines) is 1. The molecular weight excluding hydrogens is 518 g/mol. The van der Waals surface area contributed by atoms with Crippen LogP contribution in [0.2, 0.25) is 0 Å². The fraction of sp³-hybridized carbons (Fsp3) is 0.357. The van der Waals surface area contributed by atoms with E-state index in [0.29, 0.717) is 11.4 Å². The van der Waals surface area contributed by atoms with Crippen LogP contribution in [0, 0.1) is 0 Å². The van der Waals surface area contributed by atoms with E-state index < -0.39 is 36.0 Å². The summed E-state index contributed by atoms with van der Waals surface area (Å²) in [6, 6.07) is 11.7. The lowest BCUT2D eigenvalue weighted by atomic mass is 10.0. The minimum absolute atomic E-state index is 0.138. The van der Waals surface area contributed by atoms with E-state index in [2.05, 4.69) is 16.0 Å². The maximum absolute atomic E-state index is 13.4. The van der Waals surface area contributed by atoms with E-state index in [4.69, 9.17) is 10.5 Å². The van der Waals surface area contributed by atoms with Crippen LogP contribution >= 0.6 is 11.8 Å². The van der Waals surface area contributed by atoms with Gasteiger partial charge in [0, 0.05) is 29.6 Å². The van der Waals surface area contributed by atoms with Crippen LogP contribution in [0.15, 0.2) is 65.1 Å². The summed E-state index contributed by atoms with van der Waals surface area (Å²) in [4.78, 5) is 53.6. The van der Waals surface area contributed by atoms with Crippen molar-refractivity contribution in [2.75, 3.05) is 25.2 Å². The first-order valence-corrected chi connectivity index (χ1v) is 13.7. The second-order valence-electron chi connectivity index (χ2n) is 9.51. The molecule has 3 atom stereocenters. The van der Waals surface area contributed by atoms with Crippen LogP contribution in [0.1, 0.15) is 25.8 Å². The molecule has 1 saturated heterocycles. The van der Waals surface area contributed by atoms with Crippen LogP contribution < -0.4 is 26.4 Å². The molecule has 0 spiro atoms. The maximum atomic E-state index is 13.4. The number of amides is 5. The summed E-state index contributed by atoms with van der Waals surface area (Å²) in [6.07, 6.45) is 3.75. The van der Waals surface area contributed by atoms with Crippen molar-refractivity contribution in [1.82, 2.24) is 15.5 Å². The Morgan fingerprint density at radius 1 is 1.15 bits per heavy atom. The Morgan fingerprint density at radius 3 is 2.49 bits per heavy atom. The van der Waals surface area contributed by atoms with E-state index in [1.54, 1.807) is 63.1 Å².